The highest BCUT2D eigenvalue weighted by atomic mass is 32.3. The Hall–Kier alpha value is -2.40. The van der Waals surface area contributed by atoms with Gasteiger partial charge in [-0.05, 0) is 55.9 Å². The molecule has 0 atom stereocenters. The maximum Gasteiger partial charge on any atom is 0.257 e. The SMILES string of the molecule is C#Cc1cc(-c2ccc(N(CCCCCCCCCCCCCCCCCC)CCCCCCCCCCCCCCCCCC)cc2)cc[n+]1CC.CCOS(=O)(=O)[O-]. The van der Waals surface area contributed by atoms with Crippen LogP contribution in [0, 0.1) is 12.3 Å². The molecule has 0 saturated carbocycles. The molecule has 0 aliphatic rings. The van der Waals surface area contributed by atoms with Crippen LogP contribution in [-0.4, -0.2) is 32.7 Å². The van der Waals surface area contributed by atoms with Gasteiger partial charge in [0.25, 0.3) is 5.69 Å². The fourth-order valence-corrected chi connectivity index (χ4v) is 8.48. The molecule has 0 aliphatic carbocycles. The molecule has 0 aliphatic heterocycles. The van der Waals surface area contributed by atoms with E-state index < -0.39 is 10.4 Å². The quantitative estimate of drug-likeness (QED) is 0.0220. The number of rotatable bonds is 39. The molecular formula is C53H92N2O4S. The number of terminal acetylenes is 1. The molecule has 2 aromatic rings. The van der Waals surface area contributed by atoms with Crippen molar-refractivity contribution in [1.82, 2.24) is 0 Å². The number of aryl methyl sites for hydroxylation is 1. The van der Waals surface area contributed by atoms with Crippen LogP contribution in [0.2, 0.25) is 0 Å². The Balaban J connectivity index is 0.00000235. The molecule has 0 unspecified atom stereocenters. The summed E-state index contributed by atoms with van der Waals surface area (Å²) in [4.78, 5) is 2.68. The van der Waals surface area contributed by atoms with E-state index >= 15 is 0 Å². The van der Waals surface area contributed by atoms with Gasteiger partial charge in [0.05, 0.1) is 6.61 Å². The zero-order valence-corrected chi connectivity index (χ0v) is 40.3. The van der Waals surface area contributed by atoms with Crippen molar-refractivity contribution in [2.75, 3.05) is 24.6 Å². The second-order valence-corrected chi connectivity index (χ2v) is 18.2. The van der Waals surface area contributed by atoms with E-state index in [9.17, 15) is 13.0 Å². The zero-order chi connectivity index (χ0) is 43.8. The van der Waals surface area contributed by atoms with Crippen LogP contribution in [0.15, 0.2) is 42.6 Å². The molecule has 0 amide bonds. The van der Waals surface area contributed by atoms with Gasteiger partial charge in [-0.1, -0.05) is 219 Å². The molecule has 0 spiro atoms. The zero-order valence-electron chi connectivity index (χ0n) is 39.5. The van der Waals surface area contributed by atoms with E-state index in [1.165, 1.54) is 242 Å². The molecule has 0 saturated heterocycles. The molecule has 0 fully saturated rings. The van der Waals surface area contributed by atoms with Gasteiger partial charge in [0, 0.05) is 30.9 Å². The van der Waals surface area contributed by atoms with Crippen molar-refractivity contribution in [3.8, 4) is 23.5 Å². The average Bonchev–Trinajstić information content (AvgIpc) is 3.25. The first kappa shape index (κ1) is 55.6. The van der Waals surface area contributed by atoms with Gasteiger partial charge < -0.3 is 9.45 Å². The van der Waals surface area contributed by atoms with Gasteiger partial charge in [-0.15, -0.1) is 6.42 Å². The van der Waals surface area contributed by atoms with E-state index in [4.69, 9.17) is 6.42 Å². The maximum absolute atomic E-state index is 9.45. The number of unbranched alkanes of at least 4 members (excludes halogenated alkanes) is 30. The van der Waals surface area contributed by atoms with E-state index in [0.29, 0.717) is 0 Å². The second-order valence-electron chi connectivity index (χ2n) is 17.2. The molecule has 0 N–H and O–H groups in total. The summed E-state index contributed by atoms with van der Waals surface area (Å²) in [7, 11) is -4.42. The molecule has 1 heterocycles. The van der Waals surface area contributed by atoms with Crippen LogP contribution in [0.4, 0.5) is 5.69 Å². The number of hydrogen-bond acceptors (Lipinski definition) is 5. The van der Waals surface area contributed by atoms with Gasteiger partial charge in [0.2, 0.25) is 10.4 Å². The number of benzene rings is 1. The molecule has 0 radical (unpaired) electrons. The van der Waals surface area contributed by atoms with Crippen molar-refractivity contribution in [2.24, 2.45) is 0 Å². The minimum atomic E-state index is -4.42. The van der Waals surface area contributed by atoms with Crippen LogP contribution in [0.3, 0.4) is 0 Å². The van der Waals surface area contributed by atoms with Crippen molar-refractivity contribution in [3.63, 3.8) is 0 Å². The van der Waals surface area contributed by atoms with E-state index in [-0.39, 0.29) is 6.61 Å². The number of aromatic nitrogens is 1. The maximum atomic E-state index is 9.45. The molecule has 2 rings (SSSR count). The molecule has 60 heavy (non-hydrogen) atoms. The van der Waals surface area contributed by atoms with Crippen LogP contribution < -0.4 is 9.47 Å². The van der Waals surface area contributed by atoms with Crippen molar-refractivity contribution in [2.45, 2.75) is 240 Å². The Bertz CT molecular complexity index is 1370. The highest BCUT2D eigenvalue weighted by Crippen LogP contribution is 2.25. The molecule has 7 heteroatoms. The van der Waals surface area contributed by atoms with E-state index in [1.807, 2.05) is 0 Å². The Kier molecular flexibility index (Phi) is 36.6. The minimum Gasteiger partial charge on any atom is -0.726 e. The summed E-state index contributed by atoms with van der Waals surface area (Å²) in [5.74, 6) is 2.87. The normalized spacial score (nSPS) is 11.3. The summed E-state index contributed by atoms with van der Waals surface area (Å²) in [5, 5.41) is 0. The Labute approximate surface area is 372 Å². The lowest BCUT2D eigenvalue weighted by atomic mass is 10.0. The van der Waals surface area contributed by atoms with Gasteiger partial charge in [-0.2, -0.15) is 4.57 Å². The summed E-state index contributed by atoms with van der Waals surface area (Å²) in [5.41, 5.74) is 4.78. The highest BCUT2D eigenvalue weighted by molar-refractivity contribution is 7.80. The smallest absolute Gasteiger partial charge is 0.257 e. The lowest BCUT2D eigenvalue weighted by Gasteiger charge is -2.25. The Morgan fingerprint density at radius 2 is 0.883 bits per heavy atom. The molecule has 1 aromatic carbocycles. The molecule has 6 nitrogen and oxygen atoms in total. The number of nitrogens with zero attached hydrogens (tertiary/aromatic N) is 2. The summed E-state index contributed by atoms with van der Waals surface area (Å²) in [6.07, 6.45) is 53.5. The third-order valence-corrected chi connectivity index (χ3v) is 12.4. The summed E-state index contributed by atoms with van der Waals surface area (Å²) < 4.78 is 34.1. The van der Waals surface area contributed by atoms with Crippen molar-refractivity contribution in [1.29, 1.82) is 0 Å². The first-order valence-corrected chi connectivity index (χ1v) is 26.6. The number of hydrogen-bond donors (Lipinski definition) is 0. The minimum absolute atomic E-state index is 0.0914. The topological polar surface area (TPSA) is 73.5 Å². The van der Waals surface area contributed by atoms with Gasteiger partial charge >= 0.3 is 0 Å². The van der Waals surface area contributed by atoms with Gasteiger partial charge in [-0.25, -0.2) is 8.42 Å². The molecular weight excluding hydrogens is 761 g/mol. The molecule has 0 bridgehead atoms. The fourth-order valence-electron chi connectivity index (χ4n) is 8.19. The fraction of sp³-hybridized carbons (Fsp3) is 0.755. The number of anilines is 1. The van der Waals surface area contributed by atoms with Gasteiger partial charge in [0.15, 0.2) is 6.20 Å². The summed E-state index contributed by atoms with van der Waals surface area (Å²) in [6.45, 7) is 11.3. The van der Waals surface area contributed by atoms with E-state index in [0.717, 1.165) is 12.2 Å². The standard InChI is InChI=1S/C51H87N2.C2H6O4S/c1-5-9-11-13-15-17-19-21-23-25-27-29-31-33-35-37-44-53(45-38-36-34-32-30-28-26-24-22-20-18-16-14-12-10-6-2)51-41-39-48(40-42-51)49-43-46-52(8-4)50(7-3)47-49;1-2-6-7(3,4)5/h3,39-43,46-47H,5-6,8-38,44-45H2,1-2,4H3;2H2,1H3,(H,3,4,5)/q+1;/p-1. The predicted molar refractivity (Wildman–Crippen MR) is 258 cm³/mol. The van der Waals surface area contributed by atoms with Gasteiger partial charge in [-0.3, -0.25) is 4.18 Å². The first-order chi connectivity index (χ1) is 29.3. The highest BCUT2D eigenvalue weighted by Gasteiger charge is 2.11. The third-order valence-electron chi connectivity index (χ3n) is 11.9. The van der Waals surface area contributed by atoms with Crippen LogP contribution in [-0.2, 0) is 21.1 Å². The predicted octanol–water partition coefficient (Wildman–Crippen LogP) is 15.5. The monoisotopic (exact) mass is 853 g/mol. The first-order valence-electron chi connectivity index (χ1n) is 25.2. The largest absolute Gasteiger partial charge is 0.726 e. The average molecular weight is 853 g/mol. The Morgan fingerprint density at radius 3 is 1.17 bits per heavy atom. The summed E-state index contributed by atoms with van der Waals surface area (Å²) >= 11 is 0. The summed E-state index contributed by atoms with van der Waals surface area (Å²) in [6, 6.07) is 13.7. The lowest BCUT2D eigenvalue weighted by molar-refractivity contribution is -0.695. The molecule has 1 aromatic heterocycles. The van der Waals surface area contributed by atoms with E-state index in [2.05, 4.69) is 82.9 Å². The van der Waals surface area contributed by atoms with E-state index in [1.54, 1.807) is 0 Å². The Morgan fingerprint density at radius 1 is 0.533 bits per heavy atom. The van der Waals surface area contributed by atoms with Gasteiger partial charge in [0.1, 0.15) is 6.54 Å². The van der Waals surface area contributed by atoms with Crippen molar-refractivity contribution >= 4 is 16.1 Å². The number of pyridine rings is 1. The lowest BCUT2D eigenvalue weighted by Crippen LogP contribution is -2.35. The van der Waals surface area contributed by atoms with Crippen LogP contribution >= 0.6 is 0 Å². The molecule has 344 valence electrons. The van der Waals surface area contributed by atoms with Crippen LogP contribution in [0.25, 0.3) is 11.1 Å². The second kappa shape index (κ2) is 39.4. The van der Waals surface area contributed by atoms with Crippen molar-refractivity contribution in [3.05, 3.63) is 48.3 Å². The van der Waals surface area contributed by atoms with Crippen LogP contribution in [0.5, 0.6) is 0 Å². The third kappa shape index (κ3) is 31.4. The van der Waals surface area contributed by atoms with Crippen molar-refractivity contribution < 1.29 is 21.7 Å². The van der Waals surface area contributed by atoms with Crippen LogP contribution in [0.1, 0.15) is 239 Å².